The zero-order chi connectivity index (χ0) is 11.2. The first-order chi connectivity index (χ1) is 6.93. The normalized spacial score (nSPS) is 17.1. The number of hydrogen-bond donors (Lipinski definition) is 0. The summed E-state index contributed by atoms with van der Waals surface area (Å²) in [5.74, 6) is -0.456. The minimum absolute atomic E-state index is 0.111. The molecule has 1 aliphatic heterocycles. The molecule has 0 unspecified atom stereocenters. The quantitative estimate of drug-likeness (QED) is 0.757. The molecule has 0 saturated heterocycles. The number of halogens is 1. The molecule has 0 N–H and O–H groups in total. The Balaban J connectivity index is 2.74. The van der Waals surface area contributed by atoms with Gasteiger partial charge in [-0.2, -0.15) is 0 Å². The van der Waals surface area contributed by atoms with Crippen molar-refractivity contribution in [3.05, 3.63) is 33.7 Å². The van der Waals surface area contributed by atoms with E-state index in [0.717, 1.165) is 0 Å². The number of fused-ring (bicyclic) bond motifs is 1. The molecule has 1 aromatic rings. The van der Waals surface area contributed by atoms with Gasteiger partial charge in [-0.25, -0.2) is 8.42 Å². The van der Waals surface area contributed by atoms with Gasteiger partial charge in [0.1, 0.15) is 4.91 Å². The molecule has 1 aromatic carbocycles. The number of hydrogen-bond acceptors (Lipinski definition) is 3. The van der Waals surface area contributed by atoms with E-state index in [1.165, 1.54) is 19.1 Å². The molecule has 1 aliphatic rings. The lowest BCUT2D eigenvalue weighted by molar-refractivity contribution is -0.112. The van der Waals surface area contributed by atoms with E-state index < -0.39 is 15.6 Å². The first kappa shape index (κ1) is 10.4. The van der Waals surface area contributed by atoms with Gasteiger partial charge in [-0.15, -0.1) is 0 Å². The maximum absolute atomic E-state index is 11.8. The number of Topliss-reactive ketones (excluding diaryl/α,β-unsaturated/α-hetero) is 1. The number of sulfone groups is 1. The van der Waals surface area contributed by atoms with Crippen LogP contribution in [0.4, 0.5) is 0 Å². The Morgan fingerprint density at radius 2 is 2.00 bits per heavy atom. The Morgan fingerprint density at radius 3 is 2.60 bits per heavy atom. The van der Waals surface area contributed by atoms with Crippen LogP contribution in [-0.2, 0) is 14.6 Å². The fraction of sp³-hybridized carbons (Fsp3) is 0.100. The molecule has 0 bridgehead atoms. The zero-order valence-corrected chi connectivity index (χ0v) is 9.39. The summed E-state index contributed by atoms with van der Waals surface area (Å²) >= 11 is 5.71. The molecule has 0 saturated carbocycles. The number of carbonyl (C=O) groups excluding carboxylic acids is 1. The minimum Gasteiger partial charge on any atom is -0.294 e. The Bertz CT molecular complexity index is 585. The van der Waals surface area contributed by atoms with E-state index in [9.17, 15) is 13.2 Å². The molecular weight excluding hydrogens is 236 g/mol. The first-order valence-corrected chi connectivity index (χ1v) is 6.06. The van der Waals surface area contributed by atoms with Crippen molar-refractivity contribution in [1.82, 2.24) is 0 Å². The van der Waals surface area contributed by atoms with Crippen LogP contribution in [0.15, 0.2) is 28.0 Å². The minimum atomic E-state index is -3.64. The number of rotatable bonds is 1. The van der Waals surface area contributed by atoms with Crippen LogP contribution in [0, 0.1) is 0 Å². The van der Waals surface area contributed by atoms with Crippen LogP contribution in [0.2, 0.25) is 5.02 Å². The second kappa shape index (κ2) is 3.18. The number of ketones is 1. The molecule has 15 heavy (non-hydrogen) atoms. The SMILES string of the molecule is CC(=O)C1=Cc2ccc(Cl)cc2S1(=O)=O. The second-order valence-corrected chi connectivity index (χ2v) is 5.57. The summed E-state index contributed by atoms with van der Waals surface area (Å²) in [6, 6.07) is 4.54. The highest BCUT2D eigenvalue weighted by atomic mass is 35.5. The van der Waals surface area contributed by atoms with E-state index in [0.29, 0.717) is 10.6 Å². The number of carbonyl (C=O) groups is 1. The Labute approximate surface area is 92.3 Å². The lowest BCUT2D eigenvalue weighted by Crippen LogP contribution is -2.07. The van der Waals surface area contributed by atoms with Gasteiger partial charge in [0.2, 0.25) is 9.84 Å². The van der Waals surface area contributed by atoms with E-state index in [1.54, 1.807) is 12.1 Å². The molecule has 78 valence electrons. The first-order valence-electron chi connectivity index (χ1n) is 4.20. The van der Waals surface area contributed by atoms with Crippen LogP contribution in [0.5, 0.6) is 0 Å². The fourth-order valence-electron chi connectivity index (χ4n) is 1.49. The van der Waals surface area contributed by atoms with Crippen LogP contribution in [-0.4, -0.2) is 14.2 Å². The number of benzene rings is 1. The van der Waals surface area contributed by atoms with Gasteiger partial charge in [0.05, 0.1) is 4.90 Å². The Hall–Kier alpha value is -1.13. The summed E-state index contributed by atoms with van der Waals surface area (Å²) < 4.78 is 23.7. The molecule has 0 atom stereocenters. The van der Waals surface area contributed by atoms with Gasteiger partial charge in [-0.1, -0.05) is 17.7 Å². The van der Waals surface area contributed by atoms with E-state index in [2.05, 4.69) is 0 Å². The monoisotopic (exact) mass is 242 g/mol. The molecular formula is C10H7ClO3S. The molecule has 0 aliphatic carbocycles. The zero-order valence-electron chi connectivity index (χ0n) is 7.82. The maximum Gasteiger partial charge on any atom is 0.210 e. The standard InChI is InChI=1S/C10H7ClO3S/c1-6(12)9-4-7-2-3-8(11)5-10(7)15(9,13)14/h2-5H,1H3. The third-order valence-electron chi connectivity index (χ3n) is 2.19. The van der Waals surface area contributed by atoms with Crippen molar-refractivity contribution in [3.63, 3.8) is 0 Å². The largest absolute Gasteiger partial charge is 0.294 e. The van der Waals surface area contributed by atoms with E-state index in [1.807, 2.05) is 0 Å². The molecule has 0 fully saturated rings. The smallest absolute Gasteiger partial charge is 0.210 e. The number of allylic oxidation sites excluding steroid dienone is 1. The van der Waals surface area contributed by atoms with Gasteiger partial charge >= 0.3 is 0 Å². The van der Waals surface area contributed by atoms with Crippen LogP contribution in [0.3, 0.4) is 0 Å². The van der Waals surface area contributed by atoms with Gasteiger partial charge in [-0.3, -0.25) is 4.79 Å². The molecule has 3 nitrogen and oxygen atoms in total. The summed E-state index contributed by atoms with van der Waals surface area (Å²) in [6.07, 6.45) is 1.38. The molecule has 2 rings (SSSR count). The van der Waals surface area contributed by atoms with Crippen molar-refractivity contribution in [1.29, 1.82) is 0 Å². The predicted octanol–water partition coefficient (Wildman–Crippen LogP) is 2.06. The average molecular weight is 243 g/mol. The summed E-state index contributed by atoms with van der Waals surface area (Å²) in [6.45, 7) is 1.23. The van der Waals surface area contributed by atoms with Crippen molar-refractivity contribution >= 4 is 33.3 Å². The van der Waals surface area contributed by atoms with Gasteiger partial charge in [-0.05, 0) is 30.7 Å². The van der Waals surface area contributed by atoms with Crippen LogP contribution < -0.4 is 0 Å². The molecule has 0 spiro atoms. The topological polar surface area (TPSA) is 51.2 Å². The lowest BCUT2D eigenvalue weighted by atomic mass is 10.2. The maximum atomic E-state index is 11.8. The van der Waals surface area contributed by atoms with Crippen molar-refractivity contribution in [2.45, 2.75) is 11.8 Å². The van der Waals surface area contributed by atoms with Crippen LogP contribution in [0.1, 0.15) is 12.5 Å². The van der Waals surface area contributed by atoms with E-state index >= 15 is 0 Å². The van der Waals surface area contributed by atoms with Crippen molar-refractivity contribution in [2.24, 2.45) is 0 Å². The predicted molar refractivity (Wildman–Crippen MR) is 57.3 cm³/mol. The highest BCUT2D eigenvalue weighted by Gasteiger charge is 2.32. The van der Waals surface area contributed by atoms with Gasteiger partial charge in [0, 0.05) is 5.02 Å². The van der Waals surface area contributed by atoms with Gasteiger partial charge < -0.3 is 0 Å². The fourth-order valence-corrected chi connectivity index (χ4v) is 3.34. The highest BCUT2D eigenvalue weighted by molar-refractivity contribution is 7.96. The Kier molecular flexibility index (Phi) is 2.20. The molecule has 0 aromatic heterocycles. The third-order valence-corrected chi connectivity index (χ3v) is 4.34. The van der Waals surface area contributed by atoms with E-state index in [4.69, 9.17) is 11.6 Å². The molecule has 1 heterocycles. The molecule has 5 heteroatoms. The van der Waals surface area contributed by atoms with Crippen LogP contribution >= 0.6 is 11.6 Å². The van der Waals surface area contributed by atoms with Crippen molar-refractivity contribution in [2.75, 3.05) is 0 Å². The van der Waals surface area contributed by atoms with Crippen molar-refractivity contribution in [3.8, 4) is 0 Å². The molecule has 0 radical (unpaired) electrons. The van der Waals surface area contributed by atoms with Gasteiger partial charge in [0.15, 0.2) is 5.78 Å². The summed E-state index contributed by atoms with van der Waals surface area (Å²) in [5.41, 5.74) is 0.518. The van der Waals surface area contributed by atoms with E-state index in [-0.39, 0.29) is 9.80 Å². The summed E-state index contributed by atoms with van der Waals surface area (Å²) in [5, 5.41) is 0.343. The third kappa shape index (κ3) is 1.50. The van der Waals surface area contributed by atoms with Crippen LogP contribution in [0.25, 0.3) is 6.08 Å². The Morgan fingerprint density at radius 1 is 1.33 bits per heavy atom. The van der Waals surface area contributed by atoms with Gasteiger partial charge in [0.25, 0.3) is 0 Å². The van der Waals surface area contributed by atoms with Crippen molar-refractivity contribution < 1.29 is 13.2 Å². The average Bonchev–Trinajstić information content (AvgIpc) is 2.39. The summed E-state index contributed by atoms with van der Waals surface area (Å²) in [4.78, 5) is 11.1. The summed E-state index contributed by atoms with van der Waals surface area (Å²) in [7, 11) is -3.64. The highest BCUT2D eigenvalue weighted by Crippen LogP contribution is 2.34. The second-order valence-electron chi connectivity index (χ2n) is 3.25. The molecule has 0 amide bonds. The lowest BCUT2D eigenvalue weighted by Gasteiger charge is -2.00.